The maximum Gasteiger partial charge on any atom is 0.407 e. The largest absolute Gasteiger partial charge is 0.453 e. The molecule has 0 aromatic heterocycles. The number of amides is 1. The molecule has 5 nitrogen and oxygen atoms in total. The number of carbonyl (C=O) groups excluding carboxylic acids is 2. The number of ketones is 1. The summed E-state index contributed by atoms with van der Waals surface area (Å²) in [5.74, 6) is -0.237. The highest BCUT2D eigenvalue weighted by atomic mass is 16.5. The van der Waals surface area contributed by atoms with Gasteiger partial charge >= 0.3 is 6.09 Å². The molecule has 0 aliphatic rings. The van der Waals surface area contributed by atoms with Gasteiger partial charge in [0.1, 0.15) is 6.04 Å². The number of hydrogen-bond acceptors (Lipinski definition) is 4. The summed E-state index contributed by atoms with van der Waals surface area (Å²) in [6.45, 7) is 5.27. The minimum atomic E-state index is -0.664. The Hall–Kier alpha value is -1.10. The third-order valence-corrected chi connectivity index (χ3v) is 2.18. The van der Waals surface area contributed by atoms with Crippen molar-refractivity contribution in [3.63, 3.8) is 0 Å². The van der Waals surface area contributed by atoms with Crippen molar-refractivity contribution in [2.45, 2.75) is 32.9 Å². The number of hydrogen-bond donors (Lipinski definition) is 1. The van der Waals surface area contributed by atoms with Crippen molar-refractivity contribution < 1.29 is 19.1 Å². The van der Waals surface area contributed by atoms with Crippen LogP contribution in [-0.4, -0.2) is 38.2 Å². The maximum absolute atomic E-state index is 11.7. The van der Waals surface area contributed by atoms with E-state index in [0.717, 1.165) is 0 Å². The predicted molar refractivity (Wildman–Crippen MR) is 55.6 cm³/mol. The number of carbonyl (C=O) groups is 2. The average molecular weight is 217 g/mol. The standard InChI is InChI=1S/C10H19NO4/c1-6(2)9(12)8(7(3)14-4)11-10(13)15-5/h6-8H,1-5H3,(H,11,13)/t7-,8-/m0/s1. The molecule has 0 saturated heterocycles. The second kappa shape index (κ2) is 6.40. The minimum Gasteiger partial charge on any atom is -0.453 e. The molecule has 1 amide bonds. The van der Waals surface area contributed by atoms with Crippen LogP contribution in [0.15, 0.2) is 0 Å². The summed E-state index contributed by atoms with van der Waals surface area (Å²) < 4.78 is 9.49. The highest BCUT2D eigenvalue weighted by molar-refractivity contribution is 5.89. The van der Waals surface area contributed by atoms with Crippen molar-refractivity contribution >= 4 is 11.9 Å². The van der Waals surface area contributed by atoms with Gasteiger partial charge in [-0.05, 0) is 6.92 Å². The van der Waals surface area contributed by atoms with Crippen LogP contribution in [0.5, 0.6) is 0 Å². The van der Waals surface area contributed by atoms with Crippen LogP contribution in [0.1, 0.15) is 20.8 Å². The fraction of sp³-hybridized carbons (Fsp3) is 0.800. The highest BCUT2D eigenvalue weighted by Crippen LogP contribution is 2.06. The lowest BCUT2D eigenvalue weighted by Gasteiger charge is -2.23. The first-order valence-electron chi connectivity index (χ1n) is 4.85. The van der Waals surface area contributed by atoms with Crippen LogP contribution in [0, 0.1) is 5.92 Å². The van der Waals surface area contributed by atoms with E-state index in [-0.39, 0.29) is 17.8 Å². The Kier molecular flexibility index (Phi) is 5.93. The fourth-order valence-electron chi connectivity index (χ4n) is 1.10. The smallest absolute Gasteiger partial charge is 0.407 e. The van der Waals surface area contributed by atoms with Gasteiger partial charge in [-0.2, -0.15) is 0 Å². The van der Waals surface area contributed by atoms with E-state index >= 15 is 0 Å². The van der Waals surface area contributed by atoms with Crippen LogP contribution in [-0.2, 0) is 14.3 Å². The number of alkyl carbamates (subject to hydrolysis) is 1. The molecule has 0 unspecified atom stereocenters. The van der Waals surface area contributed by atoms with Crippen molar-refractivity contribution in [1.29, 1.82) is 0 Å². The molecule has 0 radical (unpaired) electrons. The number of methoxy groups -OCH3 is 2. The van der Waals surface area contributed by atoms with E-state index in [4.69, 9.17) is 4.74 Å². The Morgan fingerprint density at radius 1 is 1.13 bits per heavy atom. The molecular weight excluding hydrogens is 198 g/mol. The van der Waals surface area contributed by atoms with E-state index in [1.807, 2.05) is 0 Å². The van der Waals surface area contributed by atoms with E-state index in [9.17, 15) is 9.59 Å². The molecule has 1 N–H and O–H groups in total. The molecule has 15 heavy (non-hydrogen) atoms. The number of ether oxygens (including phenoxy) is 2. The zero-order valence-corrected chi connectivity index (χ0v) is 9.87. The number of Topliss-reactive ketones (excluding diaryl/α,β-unsaturated/α-hetero) is 1. The Bertz CT molecular complexity index is 227. The molecule has 2 atom stereocenters. The van der Waals surface area contributed by atoms with E-state index in [2.05, 4.69) is 10.1 Å². The summed E-state index contributed by atoms with van der Waals surface area (Å²) in [5.41, 5.74) is 0. The van der Waals surface area contributed by atoms with E-state index in [1.54, 1.807) is 20.8 Å². The van der Waals surface area contributed by atoms with Crippen LogP contribution in [0.3, 0.4) is 0 Å². The molecule has 0 aliphatic heterocycles. The van der Waals surface area contributed by atoms with Crippen molar-refractivity contribution in [1.82, 2.24) is 5.32 Å². The minimum absolute atomic E-state index is 0.0743. The van der Waals surface area contributed by atoms with Gasteiger partial charge in [-0.3, -0.25) is 4.79 Å². The highest BCUT2D eigenvalue weighted by Gasteiger charge is 2.28. The van der Waals surface area contributed by atoms with Crippen LogP contribution in [0.2, 0.25) is 0 Å². The molecule has 5 heteroatoms. The summed E-state index contributed by atoms with van der Waals surface area (Å²) in [5, 5.41) is 2.46. The lowest BCUT2D eigenvalue weighted by molar-refractivity contribution is -0.126. The zero-order valence-electron chi connectivity index (χ0n) is 9.87. The Balaban J connectivity index is 4.58. The molecule has 88 valence electrons. The molecular formula is C10H19NO4. The predicted octanol–water partition coefficient (Wildman–Crippen LogP) is 0.971. The van der Waals surface area contributed by atoms with Gasteiger partial charge in [0.15, 0.2) is 5.78 Å². The molecule has 0 aliphatic carbocycles. The topological polar surface area (TPSA) is 64.6 Å². The fourth-order valence-corrected chi connectivity index (χ4v) is 1.10. The second-order valence-electron chi connectivity index (χ2n) is 3.61. The normalized spacial score (nSPS) is 14.5. The monoisotopic (exact) mass is 217 g/mol. The Morgan fingerprint density at radius 2 is 1.67 bits per heavy atom. The number of nitrogens with one attached hydrogen (secondary N) is 1. The van der Waals surface area contributed by atoms with Crippen molar-refractivity contribution in [3.8, 4) is 0 Å². The SMILES string of the molecule is COC(=O)N[C@H](C(=O)C(C)C)[C@H](C)OC. The first-order chi connectivity index (χ1) is 6.93. The number of rotatable bonds is 5. The van der Waals surface area contributed by atoms with Gasteiger partial charge in [-0.1, -0.05) is 13.8 Å². The van der Waals surface area contributed by atoms with Gasteiger partial charge in [0.25, 0.3) is 0 Å². The van der Waals surface area contributed by atoms with E-state index in [1.165, 1.54) is 14.2 Å². The molecule has 0 saturated carbocycles. The molecule has 0 bridgehead atoms. The zero-order chi connectivity index (χ0) is 12.0. The lowest BCUT2D eigenvalue weighted by Crippen LogP contribution is -2.49. The van der Waals surface area contributed by atoms with Gasteiger partial charge in [-0.25, -0.2) is 4.79 Å². The second-order valence-corrected chi connectivity index (χ2v) is 3.61. The first-order valence-corrected chi connectivity index (χ1v) is 4.85. The first kappa shape index (κ1) is 13.9. The summed E-state index contributed by atoms with van der Waals surface area (Å²) in [4.78, 5) is 22.8. The quantitative estimate of drug-likeness (QED) is 0.745. The van der Waals surface area contributed by atoms with Crippen molar-refractivity contribution in [2.75, 3.05) is 14.2 Å². The third kappa shape index (κ3) is 4.29. The molecule has 0 heterocycles. The Morgan fingerprint density at radius 3 is 2.00 bits per heavy atom. The van der Waals surface area contributed by atoms with Crippen LogP contribution >= 0.6 is 0 Å². The maximum atomic E-state index is 11.7. The third-order valence-electron chi connectivity index (χ3n) is 2.18. The van der Waals surface area contributed by atoms with Gasteiger partial charge in [-0.15, -0.1) is 0 Å². The van der Waals surface area contributed by atoms with Gasteiger partial charge in [0.2, 0.25) is 0 Å². The van der Waals surface area contributed by atoms with Crippen LogP contribution < -0.4 is 5.32 Å². The van der Waals surface area contributed by atoms with Crippen LogP contribution in [0.25, 0.3) is 0 Å². The molecule has 0 aromatic carbocycles. The molecule has 0 rings (SSSR count). The van der Waals surface area contributed by atoms with E-state index < -0.39 is 12.1 Å². The summed E-state index contributed by atoms with van der Waals surface area (Å²) >= 11 is 0. The van der Waals surface area contributed by atoms with Gasteiger partial charge in [0.05, 0.1) is 13.2 Å². The van der Waals surface area contributed by atoms with Crippen molar-refractivity contribution in [3.05, 3.63) is 0 Å². The molecule has 0 fully saturated rings. The van der Waals surface area contributed by atoms with Crippen molar-refractivity contribution in [2.24, 2.45) is 5.92 Å². The molecule has 0 spiro atoms. The summed E-state index contributed by atoms with van der Waals surface area (Å²) in [6.07, 6.45) is -1.00. The summed E-state index contributed by atoms with van der Waals surface area (Å²) in [6, 6.07) is -0.664. The lowest BCUT2D eigenvalue weighted by atomic mass is 9.98. The van der Waals surface area contributed by atoms with Gasteiger partial charge in [0, 0.05) is 13.0 Å². The average Bonchev–Trinajstić information content (AvgIpc) is 2.23. The van der Waals surface area contributed by atoms with E-state index in [0.29, 0.717) is 0 Å². The van der Waals surface area contributed by atoms with Crippen LogP contribution in [0.4, 0.5) is 4.79 Å². The Labute approximate surface area is 90.1 Å². The molecule has 0 aromatic rings. The van der Waals surface area contributed by atoms with Gasteiger partial charge < -0.3 is 14.8 Å². The summed E-state index contributed by atoms with van der Waals surface area (Å²) in [7, 11) is 2.74.